The first-order valence-corrected chi connectivity index (χ1v) is 9.81. The Morgan fingerprint density at radius 3 is 2.52 bits per heavy atom. The van der Waals surface area contributed by atoms with Crippen molar-refractivity contribution in [3.05, 3.63) is 0 Å². The van der Waals surface area contributed by atoms with Gasteiger partial charge in [-0.1, -0.05) is 20.3 Å². The molecule has 2 aliphatic rings. The average Bonchev–Trinajstić information content (AvgIpc) is 3.30. The maximum absolute atomic E-state index is 10.0. The zero-order chi connectivity index (χ0) is 17.4. The Labute approximate surface area is 170 Å². The maximum atomic E-state index is 10.0. The third-order valence-electron chi connectivity index (χ3n) is 5.04. The van der Waals surface area contributed by atoms with Gasteiger partial charge in [0, 0.05) is 26.2 Å². The van der Waals surface area contributed by atoms with E-state index in [4.69, 9.17) is 9.73 Å². The van der Waals surface area contributed by atoms with E-state index in [9.17, 15) is 5.11 Å². The summed E-state index contributed by atoms with van der Waals surface area (Å²) in [6.07, 6.45) is 7.27. The highest BCUT2D eigenvalue weighted by Gasteiger charge is 2.37. The summed E-state index contributed by atoms with van der Waals surface area (Å²) in [6, 6.07) is 0. The van der Waals surface area contributed by atoms with E-state index in [1.54, 1.807) is 0 Å². The number of aliphatic hydroxyl groups is 1. The Hall–Kier alpha value is -0.0800. The number of nitrogens with one attached hydrogen (secondary N) is 2. The number of ether oxygens (including phenoxy) is 1. The number of hydrogen-bond acceptors (Lipinski definition) is 3. The zero-order valence-corrected chi connectivity index (χ0v) is 18.6. The van der Waals surface area contributed by atoms with Gasteiger partial charge in [0.25, 0.3) is 0 Å². The molecule has 1 atom stereocenters. The maximum Gasteiger partial charge on any atom is 0.191 e. The van der Waals surface area contributed by atoms with Gasteiger partial charge in [-0.15, -0.1) is 24.0 Å². The Morgan fingerprint density at radius 2 is 2.00 bits per heavy atom. The first-order chi connectivity index (χ1) is 11.5. The molecule has 2 saturated carbocycles. The lowest BCUT2D eigenvalue weighted by Crippen LogP contribution is -2.43. The molecule has 5 nitrogen and oxygen atoms in total. The lowest BCUT2D eigenvalue weighted by molar-refractivity contribution is 0.0345. The van der Waals surface area contributed by atoms with Crippen LogP contribution in [0.2, 0.25) is 0 Å². The number of guanidine groups is 1. The molecule has 1 unspecified atom stereocenters. The normalized spacial score (nSPS) is 20.6. The van der Waals surface area contributed by atoms with E-state index >= 15 is 0 Å². The van der Waals surface area contributed by atoms with Crippen LogP contribution in [0.5, 0.6) is 0 Å². The Morgan fingerprint density at radius 1 is 1.28 bits per heavy atom. The number of halogens is 1. The van der Waals surface area contributed by atoms with Crippen LogP contribution in [0.25, 0.3) is 0 Å². The molecule has 148 valence electrons. The van der Waals surface area contributed by atoms with Crippen LogP contribution in [0.15, 0.2) is 4.99 Å². The van der Waals surface area contributed by atoms with E-state index in [-0.39, 0.29) is 24.0 Å². The number of aliphatic imine (C=N–C) groups is 1. The highest BCUT2D eigenvalue weighted by molar-refractivity contribution is 14.0. The topological polar surface area (TPSA) is 65.9 Å². The molecular formula is C19H38IN3O2. The quantitative estimate of drug-likeness (QED) is 0.248. The molecule has 0 aromatic carbocycles. The van der Waals surface area contributed by atoms with E-state index in [0.29, 0.717) is 18.6 Å². The largest absolute Gasteiger partial charge is 0.389 e. The van der Waals surface area contributed by atoms with Crippen LogP contribution >= 0.6 is 24.0 Å². The second-order valence-corrected chi connectivity index (χ2v) is 8.16. The van der Waals surface area contributed by atoms with Crippen LogP contribution in [0, 0.1) is 17.3 Å². The van der Waals surface area contributed by atoms with Crippen molar-refractivity contribution < 1.29 is 9.84 Å². The van der Waals surface area contributed by atoms with Gasteiger partial charge >= 0.3 is 0 Å². The molecule has 0 amide bonds. The molecule has 0 spiro atoms. The summed E-state index contributed by atoms with van der Waals surface area (Å²) >= 11 is 0. The molecule has 0 saturated heterocycles. The monoisotopic (exact) mass is 467 g/mol. The zero-order valence-electron chi connectivity index (χ0n) is 16.2. The molecule has 0 aromatic rings. The van der Waals surface area contributed by atoms with Crippen LogP contribution in [0.4, 0.5) is 0 Å². The van der Waals surface area contributed by atoms with Crippen molar-refractivity contribution in [2.24, 2.45) is 22.2 Å². The number of aliphatic hydroxyl groups excluding tert-OH is 1. The first kappa shape index (κ1) is 23.0. The molecule has 0 heterocycles. The summed E-state index contributed by atoms with van der Waals surface area (Å²) in [4.78, 5) is 4.79. The van der Waals surface area contributed by atoms with Gasteiger partial charge in [0.1, 0.15) is 0 Å². The third kappa shape index (κ3) is 8.91. The van der Waals surface area contributed by atoms with Crippen molar-refractivity contribution >= 4 is 29.9 Å². The highest BCUT2D eigenvalue weighted by atomic mass is 127. The summed E-state index contributed by atoms with van der Waals surface area (Å²) in [5, 5.41) is 16.6. The minimum atomic E-state index is -0.485. The van der Waals surface area contributed by atoms with E-state index in [1.807, 2.05) is 0 Å². The molecular weight excluding hydrogens is 429 g/mol. The second kappa shape index (κ2) is 11.6. The molecule has 6 heteroatoms. The number of hydrogen-bond donors (Lipinski definition) is 3. The van der Waals surface area contributed by atoms with Crippen molar-refractivity contribution in [2.45, 2.75) is 65.4 Å². The minimum Gasteiger partial charge on any atom is -0.389 e. The molecule has 25 heavy (non-hydrogen) atoms. The summed E-state index contributed by atoms with van der Waals surface area (Å²) in [6.45, 7) is 10.1. The Balaban J connectivity index is 0.00000312. The van der Waals surface area contributed by atoms with Gasteiger partial charge in [0.05, 0.1) is 12.7 Å². The molecule has 0 radical (unpaired) electrons. The van der Waals surface area contributed by atoms with E-state index in [0.717, 1.165) is 37.5 Å². The molecule has 0 bridgehead atoms. The average molecular weight is 467 g/mol. The third-order valence-corrected chi connectivity index (χ3v) is 5.04. The van der Waals surface area contributed by atoms with Gasteiger partial charge < -0.3 is 20.5 Å². The van der Waals surface area contributed by atoms with Gasteiger partial charge in [-0.3, -0.25) is 4.99 Å². The fourth-order valence-corrected chi connectivity index (χ4v) is 3.49. The SMILES string of the molecule is CCNC(=NCC1(CC(C)C)CCC1)NCC(O)COCC1CC1.I. The van der Waals surface area contributed by atoms with Crippen molar-refractivity contribution in [3.63, 3.8) is 0 Å². The van der Waals surface area contributed by atoms with Crippen LogP contribution in [-0.4, -0.2) is 50.0 Å². The Kier molecular flexibility index (Phi) is 10.6. The van der Waals surface area contributed by atoms with Gasteiger partial charge in [-0.05, 0) is 56.3 Å². The van der Waals surface area contributed by atoms with Gasteiger partial charge in [-0.25, -0.2) is 0 Å². The molecule has 2 aliphatic carbocycles. The fraction of sp³-hybridized carbons (Fsp3) is 0.947. The predicted octanol–water partition coefficient (Wildman–Crippen LogP) is 3.16. The fourth-order valence-electron chi connectivity index (χ4n) is 3.49. The smallest absolute Gasteiger partial charge is 0.191 e. The predicted molar refractivity (Wildman–Crippen MR) is 115 cm³/mol. The van der Waals surface area contributed by atoms with Crippen molar-refractivity contribution in [3.8, 4) is 0 Å². The van der Waals surface area contributed by atoms with Gasteiger partial charge in [0.15, 0.2) is 5.96 Å². The summed E-state index contributed by atoms with van der Waals surface area (Å²) < 4.78 is 5.55. The summed E-state index contributed by atoms with van der Waals surface area (Å²) in [5.41, 5.74) is 0.405. The van der Waals surface area contributed by atoms with E-state index < -0.39 is 6.10 Å². The van der Waals surface area contributed by atoms with Crippen LogP contribution in [0.1, 0.15) is 59.3 Å². The molecule has 2 fully saturated rings. The van der Waals surface area contributed by atoms with Gasteiger partial charge in [0.2, 0.25) is 0 Å². The van der Waals surface area contributed by atoms with Crippen LogP contribution in [0.3, 0.4) is 0 Å². The van der Waals surface area contributed by atoms with E-state index in [1.165, 1.54) is 38.5 Å². The molecule has 2 rings (SSSR count). The lowest BCUT2D eigenvalue weighted by atomic mass is 9.64. The lowest BCUT2D eigenvalue weighted by Gasteiger charge is -2.42. The molecule has 3 N–H and O–H groups in total. The van der Waals surface area contributed by atoms with Crippen LogP contribution in [-0.2, 0) is 4.74 Å². The minimum absolute atomic E-state index is 0. The van der Waals surface area contributed by atoms with Crippen molar-refractivity contribution in [2.75, 3.05) is 32.8 Å². The summed E-state index contributed by atoms with van der Waals surface area (Å²) in [7, 11) is 0. The summed E-state index contributed by atoms with van der Waals surface area (Å²) in [5.74, 6) is 2.28. The van der Waals surface area contributed by atoms with Gasteiger partial charge in [-0.2, -0.15) is 0 Å². The Bertz CT molecular complexity index is 396. The van der Waals surface area contributed by atoms with E-state index in [2.05, 4.69) is 31.4 Å². The number of rotatable bonds is 11. The van der Waals surface area contributed by atoms with Crippen LogP contribution < -0.4 is 10.6 Å². The van der Waals surface area contributed by atoms with Crippen molar-refractivity contribution in [1.82, 2.24) is 10.6 Å². The van der Waals surface area contributed by atoms with Crippen molar-refractivity contribution in [1.29, 1.82) is 0 Å². The highest BCUT2D eigenvalue weighted by Crippen LogP contribution is 2.46. The number of nitrogens with zero attached hydrogens (tertiary/aromatic N) is 1. The molecule has 0 aromatic heterocycles. The standard InChI is InChI=1S/C19H37N3O2.HI/c1-4-20-18(21-11-17(23)13-24-12-16-6-7-16)22-14-19(8-5-9-19)10-15(2)3;/h15-17,23H,4-14H2,1-3H3,(H2,20,21,22);1H. The molecule has 0 aliphatic heterocycles. The second-order valence-electron chi connectivity index (χ2n) is 8.16. The first-order valence-electron chi connectivity index (χ1n) is 9.81.